The molecule has 2 rings (SSSR count). The molecule has 0 saturated carbocycles. The molecule has 24 heavy (non-hydrogen) atoms. The van der Waals surface area contributed by atoms with Crippen molar-refractivity contribution in [2.75, 3.05) is 13.2 Å². The van der Waals surface area contributed by atoms with Crippen molar-refractivity contribution < 1.29 is 14.3 Å². The summed E-state index contributed by atoms with van der Waals surface area (Å²) in [6.07, 6.45) is 1.57. The fourth-order valence-electron chi connectivity index (χ4n) is 2.79. The monoisotopic (exact) mass is 328 g/mol. The van der Waals surface area contributed by atoms with Crippen LogP contribution in [0.4, 0.5) is 0 Å². The Kier molecular flexibility index (Phi) is 6.18. The van der Waals surface area contributed by atoms with Crippen molar-refractivity contribution in [1.29, 1.82) is 0 Å². The fourth-order valence-corrected chi connectivity index (χ4v) is 2.79. The van der Waals surface area contributed by atoms with Crippen LogP contribution in [-0.4, -0.2) is 29.8 Å². The molecule has 5 heteroatoms. The van der Waals surface area contributed by atoms with Gasteiger partial charge in [0.25, 0.3) is 5.91 Å². The van der Waals surface area contributed by atoms with E-state index in [1.54, 1.807) is 0 Å². The predicted octanol–water partition coefficient (Wildman–Crippen LogP) is 3.29. The first-order valence-electron chi connectivity index (χ1n) is 8.23. The SMILES string of the molecule is CCCc1c(C(=O)NCCOc2ccccc2)[nH]c(C)c1C(C)=O. The van der Waals surface area contributed by atoms with E-state index in [1.165, 1.54) is 6.92 Å². The molecule has 128 valence electrons. The molecule has 0 unspecified atom stereocenters. The number of ether oxygens (including phenoxy) is 1. The van der Waals surface area contributed by atoms with Gasteiger partial charge in [-0.25, -0.2) is 0 Å². The Hall–Kier alpha value is -2.56. The number of aromatic nitrogens is 1. The highest BCUT2D eigenvalue weighted by molar-refractivity contribution is 6.02. The van der Waals surface area contributed by atoms with Crippen LogP contribution >= 0.6 is 0 Å². The number of hydrogen-bond donors (Lipinski definition) is 2. The van der Waals surface area contributed by atoms with Crippen LogP contribution in [0.1, 0.15) is 52.4 Å². The second kappa shape index (κ2) is 8.34. The Bertz CT molecular complexity index is 705. The summed E-state index contributed by atoms with van der Waals surface area (Å²) >= 11 is 0. The summed E-state index contributed by atoms with van der Waals surface area (Å²) < 4.78 is 5.56. The summed E-state index contributed by atoms with van der Waals surface area (Å²) in [7, 11) is 0. The molecule has 1 aromatic carbocycles. The quantitative estimate of drug-likeness (QED) is 0.577. The van der Waals surface area contributed by atoms with Crippen molar-refractivity contribution in [1.82, 2.24) is 10.3 Å². The average Bonchev–Trinajstić information content (AvgIpc) is 2.89. The standard InChI is InChI=1S/C19H24N2O3/c1-4-8-16-17(14(3)22)13(2)21-18(16)19(23)20-11-12-24-15-9-6-5-7-10-15/h5-7,9-10,21H,4,8,11-12H2,1-3H3,(H,20,23). The van der Waals surface area contributed by atoms with E-state index in [-0.39, 0.29) is 11.7 Å². The zero-order valence-corrected chi connectivity index (χ0v) is 14.4. The van der Waals surface area contributed by atoms with Crippen molar-refractivity contribution >= 4 is 11.7 Å². The molecule has 0 aliphatic heterocycles. The number of Topliss-reactive ketones (excluding diaryl/α,β-unsaturated/α-hetero) is 1. The van der Waals surface area contributed by atoms with E-state index in [4.69, 9.17) is 4.74 Å². The number of hydrogen-bond acceptors (Lipinski definition) is 3. The second-order valence-electron chi connectivity index (χ2n) is 5.70. The van der Waals surface area contributed by atoms with Gasteiger partial charge in [-0.05, 0) is 38.0 Å². The van der Waals surface area contributed by atoms with E-state index >= 15 is 0 Å². The Morgan fingerprint density at radius 1 is 1.21 bits per heavy atom. The minimum absolute atomic E-state index is 0.0151. The van der Waals surface area contributed by atoms with Gasteiger partial charge in [0.2, 0.25) is 0 Å². The van der Waals surface area contributed by atoms with Gasteiger partial charge < -0.3 is 15.0 Å². The van der Waals surface area contributed by atoms with Crippen molar-refractivity contribution in [3.05, 3.63) is 52.8 Å². The predicted molar refractivity (Wildman–Crippen MR) is 93.8 cm³/mol. The van der Waals surface area contributed by atoms with Gasteiger partial charge in [-0.1, -0.05) is 31.5 Å². The van der Waals surface area contributed by atoms with Crippen LogP contribution in [0, 0.1) is 6.92 Å². The lowest BCUT2D eigenvalue weighted by Gasteiger charge is -2.08. The lowest BCUT2D eigenvalue weighted by Crippen LogP contribution is -2.29. The third kappa shape index (κ3) is 4.25. The van der Waals surface area contributed by atoms with Gasteiger partial charge in [-0.15, -0.1) is 0 Å². The molecule has 1 heterocycles. The van der Waals surface area contributed by atoms with Crippen molar-refractivity contribution in [3.63, 3.8) is 0 Å². The molecule has 0 saturated heterocycles. The third-order valence-electron chi connectivity index (χ3n) is 3.77. The summed E-state index contributed by atoms with van der Waals surface area (Å²) in [5.74, 6) is 0.553. The fraction of sp³-hybridized carbons (Fsp3) is 0.368. The van der Waals surface area contributed by atoms with Crippen LogP contribution in [0.25, 0.3) is 0 Å². The van der Waals surface area contributed by atoms with E-state index < -0.39 is 0 Å². The first-order valence-corrected chi connectivity index (χ1v) is 8.23. The molecule has 2 N–H and O–H groups in total. The van der Waals surface area contributed by atoms with Crippen LogP contribution in [0.3, 0.4) is 0 Å². The maximum absolute atomic E-state index is 12.4. The Morgan fingerprint density at radius 2 is 1.92 bits per heavy atom. The van der Waals surface area contributed by atoms with Crippen LogP contribution in [0.15, 0.2) is 30.3 Å². The van der Waals surface area contributed by atoms with Crippen LogP contribution in [0.2, 0.25) is 0 Å². The normalized spacial score (nSPS) is 10.5. The van der Waals surface area contributed by atoms with Crippen LogP contribution in [-0.2, 0) is 6.42 Å². The van der Waals surface area contributed by atoms with Gasteiger partial charge in [0.1, 0.15) is 18.1 Å². The van der Waals surface area contributed by atoms with Crippen molar-refractivity contribution in [3.8, 4) is 5.75 Å². The summed E-state index contributed by atoms with van der Waals surface area (Å²) in [4.78, 5) is 27.3. The molecule has 1 aromatic heterocycles. The van der Waals surface area contributed by atoms with Crippen LogP contribution in [0.5, 0.6) is 5.75 Å². The summed E-state index contributed by atoms with van der Waals surface area (Å²) in [5, 5.41) is 2.84. The number of nitrogens with one attached hydrogen (secondary N) is 2. The number of amides is 1. The molecule has 0 bridgehead atoms. The summed E-state index contributed by atoms with van der Waals surface area (Å²) in [5.41, 5.74) is 2.68. The van der Waals surface area contributed by atoms with E-state index in [0.29, 0.717) is 30.8 Å². The second-order valence-corrected chi connectivity index (χ2v) is 5.70. The van der Waals surface area contributed by atoms with E-state index in [9.17, 15) is 9.59 Å². The molecular formula is C19H24N2O3. The number of benzene rings is 1. The molecule has 1 amide bonds. The highest BCUT2D eigenvalue weighted by Crippen LogP contribution is 2.21. The molecule has 2 aromatic rings. The summed E-state index contributed by atoms with van der Waals surface area (Å²) in [6.45, 7) is 6.17. The molecule has 5 nitrogen and oxygen atoms in total. The van der Waals surface area contributed by atoms with Gasteiger partial charge in [-0.3, -0.25) is 9.59 Å². The van der Waals surface area contributed by atoms with E-state index in [1.807, 2.05) is 44.2 Å². The highest BCUT2D eigenvalue weighted by atomic mass is 16.5. The minimum atomic E-state index is -0.203. The first kappa shape index (κ1) is 17.8. The van der Waals surface area contributed by atoms with Gasteiger partial charge >= 0.3 is 0 Å². The molecule has 0 aliphatic rings. The molecule has 0 atom stereocenters. The van der Waals surface area contributed by atoms with E-state index in [0.717, 1.165) is 23.4 Å². The number of ketones is 1. The summed E-state index contributed by atoms with van der Waals surface area (Å²) in [6, 6.07) is 9.46. The zero-order chi connectivity index (χ0) is 17.5. The lowest BCUT2D eigenvalue weighted by atomic mass is 10.0. The van der Waals surface area contributed by atoms with Gasteiger partial charge in [0.05, 0.1) is 6.54 Å². The maximum atomic E-state index is 12.4. The number of carbonyl (C=O) groups is 2. The molecule has 0 fully saturated rings. The molecule has 0 aliphatic carbocycles. The highest BCUT2D eigenvalue weighted by Gasteiger charge is 2.21. The number of aryl methyl sites for hydroxylation is 1. The van der Waals surface area contributed by atoms with Gasteiger partial charge in [0.15, 0.2) is 5.78 Å². The van der Waals surface area contributed by atoms with Crippen LogP contribution < -0.4 is 10.1 Å². The van der Waals surface area contributed by atoms with Gasteiger partial charge in [0, 0.05) is 11.3 Å². The number of H-pyrrole nitrogens is 1. The number of aromatic amines is 1. The smallest absolute Gasteiger partial charge is 0.268 e. The van der Waals surface area contributed by atoms with Crippen molar-refractivity contribution in [2.24, 2.45) is 0 Å². The number of para-hydroxylation sites is 1. The van der Waals surface area contributed by atoms with Crippen molar-refractivity contribution in [2.45, 2.75) is 33.6 Å². The Balaban J connectivity index is 1.99. The first-order chi connectivity index (χ1) is 11.5. The molecular weight excluding hydrogens is 304 g/mol. The third-order valence-corrected chi connectivity index (χ3v) is 3.77. The topological polar surface area (TPSA) is 71.2 Å². The minimum Gasteiger partial charge on any atom is -0.492 e. The Labute approximate surface area is 142 Å². The van der Waals surface area contributed by atoms with E-state index in [2.05, 4.69) is 10.3 Å². The largest absolute Gasteiger partial charge is 0.492 e. The molecule has 0 radical (unpaired) electrons. The Morgan fingerprint density at radius 3 is 2.54 bits per heavy atom. The maximum Gasteiger partial charge on any atom is 0.268 e. The van der Waals surface area contributed by atoms with Gasteiger partial charge in [-0.2, -0.15) is 0 Å². The lowest BCUT2D eigenvalue weighted by molar-refractivity contribution is 0.0941. The molecule has 0 spiro atoms. The number of carbonyl (C=O) groups excluding carboxylic acids is 2. The average molecular weight is 328 g/mol. The zero-order valence-electron chi connectivity index (χ0n) is 14.4. The number of rotatable bonds is 8.